The Balaban J connectivity index is 2.27. The summed E-state index contributed by atoms with van der Waals surface area (Å²) in [6.45, 7) is 9.55. The predicted octanol–water partition coefficient (Wildman–Crippen LogP) is 5.99. The van der Waals surface area contributed by atoms with Gasteiger partial charge in [0.05, 0.1) is 6.61 Å². The molecule has 0 radical (unpaired) electrons. The van der Waals surface area contributed by atoms with E-state index in [1.807, 2.05) is 27.7 Å². The Bertz CT molecular complexity index is 1020. The maximum atomic E-state index is 12.6. The maximum absolute atomic E-state index is 12.6. The Labute approximate surface area is 243 Å². The van der Waals surface area contributed by atoms with Crippen LogP contribution < -0.4 is 15.2 Å². The van der Waals surface area contributed by atoms with Gasteiger partial charge in [0.25, 0.3) is 0 Å². The fourth-order valence-electron chi connectivity index (χ4n) is 4.76. The molecule has 0 aromatic heterocycles. The molecule has 3 N–H and O–H groups in total. The molecule has 0 bridgehead atoms. The van der Waals surface area contributed by atoms with E-state index in [4.69, 9.17) is 24.7 Å². The summed E-state index contributed by atoms with van der Waals surface area (Å²) < 4.78 is 21.9. The second-order valence-electron chi connectivity index (χ2n) is 11.8. The zero-order chi connectivity index (χ0) is 30.5. The summed E-state index contributed by atoms with van der Waals surface area (Å²) in [5, 5.41) is 9.76. The van der Waals surface area contributed by atoms with Crippen molar-refractivity contribution in [2.75, 3.05) is 6.61 Å². The molecule has 1 aromatic carbocycles. The molecule has 3 atom stereocenters. The lowest BCUT2D eigenvalue weighted by Crippen LogP contribution is -2.40. The van der Waals surface area contributed by atoms with Gasteiger partial charge in [0, 0.05) is 18.8 Å². The van der Waals surface area contributed by atoms with Crippen molar-refractivity contribution in [1.82, 2.24) is 0 Å². The molecule has 0 aliphatic heterocycles. The van der Waals surface area contributed by atoms with Crippen LogP contribution in [0.25, 0.3) is 0 Å². The number of hydrogen-bond acceptors (Lipinski definition) is 9. The van der Waals surface area contributed by atoms with Gasteiger partial charge in [-0.3, -0.25) is 14.4 Å². The molecule has 1 saturated carbocycles. The minimum atomic E-state index is -1.35. The van der Waals surface area contributed by atoms with Crippen molar-refractivity contribution in [1.29, 1.82) is 0 Å². The van der Waals surface area contributed by atoms with Crippen LogP contribution in [0, 0.1) is 17.8 Å². The maximum Gasteiger partial charge on any atom is 0.508 e. The van der Waals surface area contributed by atoms with Crippen LogP contribution in [0.1, 0.15) is 104 Å². The highest BCUT2D eigenvalue weighted by molar-refractivity contribution is 5.77. The molecule has 2 unspecified atom stereocenters. The Morgan fingerprint density at radius 2 is 1.44 bits per heavy atom. The number of carbonyl (C=O) groups is 4. The van der Waals surface area contributed by atoms with Gasteiger partial charge < -0.3 is 29.8 Å². The first-order valence-electron chi connectivity index (χ1n) is 14.7. The van der Waals surface area contributed by atoms with E-state index in [2.05, 4.69) is 0 Å². The molecule has 1 aliphatic rings. The Morgan fingerprint density at radius 3 is 1.98 bits per heavy atom. The largest absolute Gasteiger partial charge is 0.508 e. The fraction of sp³-hybridized carbons (Fsp3) is 0.677. The molecule has 1 fully saturated rings. The lowest BCUT2D eigenvalue weighted by molar-refractivity contribution is -0.139. The zero-order valence-corrected chi connectivity index (χ0v) is 25.1. The van der Waals surface area contributed by atoms with Gasteiger partial charge in [-0.25, -0.2) is 4.79 Å². The summed E-state index contributed by atoms with van der Waals surface area (Å²) in [4.78, 5) is 49.3. The number of rotatable bonds is 15. The minimum absolute atomic E-state index is 0.00145. The molecule has 230 valence electrons. The highest BCUT2D eigenvalue weighted by atomic mass is 16.7. The number of ether oxygens (including phenoxy) is 4. The quantitative estimate of drug-likeness (QED) is 0.188. The van der Waals surface area contributed by atoms with Crippen molar-refractivity contribution in [3.63, 3.8) is 0 Å². The second-order valence-corrected chi connectivity index (χ2v) is 11.8. The second kappa shape index (κ2) is 17.0. The average Bonchev–Trinajstić information content (AvgIpc) is 2.91. The van der Waals surface area contributed by atoms with Crippen LogP contribution in [0.3, 0.4) is 0 Å². The average molecular weight is 578 g/mol. The van der Waals surface area contributed by atoms with Crippen LogP contribution in [0.5, 0.6) is 11.5 Å². The van der Waals surface area contributed by atoms with E-state index in [1.54, 1.807) is 13.0 Å². The smallest absolute Gasteiger partial charge is 0.480 e. The molecule has 0 amide bonds. The third kappa shape index (κ3) is 12.1. The van der Waals surface area contributed by atoms with E-state index in [0.717, 1.165) is 32.1 Å². The number of aliphatic carboxylic acids is 1. The first-order valence-corrected chi connectivity index (χ1v) is 14.7. The van der Waals surface area contributed by atoms with Crippen molar-refractivity contribution in [2.24, 2.45) is 23.5 Å². The summed E-state index contributed by atoms with van der Waals surface area (Å²) in [6.07, 6.45) is 5.33. The van der Waals surface area contributed by atoms with Crippen molar-refractivity contribution in [2.45, 2.75) is 110 Å². The molecule has 0 saturated heterocycles. The number of benzene rings is 1. The third-order valence-electron chi connectivity index (χ3n) is 7.22. The topological polar surface area (TPSA) is 151 Å². The molecular formula is C31H47NO9. The monoisotopic (exact) mass is 577 g/mol. The van der Waals surface area contributed by atoms with Crippen molar-refractivity contribution in [3.8, 4) is 11.5 Å². The number of hydrogen-bond donors (Lipinski definition) is 2. The van der Waals surface area contributed by atoms with E-state index in [9.17, 15) is 24.3 Å². The number of carboxylic acid groups (broad SMARTS) is 1. The Hall–Kier alpha value is -3.14. The molecule has 0 heterocycles. The van der Waals surface area contributed by atoms with Crippen LogP contribution in [0.2, 0.25) is 0 Å². The van der Waals surface area contributed by atoms with Gasteiger partial charge in [-0.2, -0.15) is 0 Å². The Kier molecular flexibility index (Phi) is 14.1. The lowest BCUT2D eigenvalue weighted by atomic mass is 9.82. The molecule has 10 nitrogen and oxygen atoms in total. The van der Waals surface area contributed by atoms with Gasteiger partial charge in [0.15, 0.2) is 11.5 Å². The van der Waals surface area contributed by atoms with Crippen LogP contribution in [0.15, 0.2) is 18.2 Å². The van der Waals surface area contributed by atoms with Gasteiger partial charge in [-0.15, -0.1) is 0 Å². The molecule has 2 rings (SSSR count). The highest BCUT2D eigenvalue weighted by Gasteiger charge is 2.33. The van der Waals surface area contributed by atoms with Gasteiger partial charge >= 0.3 is 24.1 Å². The summed E-state index contributed by atoms with van der Waals surface area (Å²) in [6, 6.07) is 3.18. The van der Waals surface area contributed by atoms with E-state index < -0.39 is 41.9 Å². The van der Waals surface area contributed by atoms with Crippen molar-refractivity contribution < 1.29 is 43.2 Å². The summed E-state index contributed by atoms with van der Waals surface area (Å²) in [5.74, 6) is -2.93. The molecule has 1 aliphatic carbocycles. The number of carboxylic acids is 1. The molecular weight excluding hydrogens is 530 g/mol. The third-order valence-corrected chi connectivity index (χ3v) is 7.22. The number of carbonyl (C=O) groups excluding carboxylic acids is 3. The normalized spacial score (nSPS) is 16.1. The molecule has 41 heavy (non-hydrogen) atoms. The highest BCUT2D eigenvalue weighted by Crippen LogP contribution is 2.36. The Morgan fingerprint density at radius 1 is 0.878 bits per heavy atom. The van der Waals surface area contributed by atoms with Gasteiger partial charge in [0.1, 0.15) is 12.1 Å². The number of nitrogens with two attached hydrogens (primary N) is 1. The van der Waals surface area contributed by atoms with E-state index in [-0.39, 0.29) is 43.0 Å². The first-order chi connectivity index (χ1) is 19.4. The SMILES string of the molecule is CC(C)CCC(=O)Oc1ccc(C(C(C)COC(=O)OC2CCCCC2)[C@H](N)C(=O)O)cc1OC(=O)CCC(C)C. The minimum Gasteiger partial charge on any atom is -0.480 e. The van der Waals surface area contributed by atoms with Crippen LogP contribution in [0.4, 0.5) is 4.79 Å². The van der Waals surface area contributed by atoms with Crippen LogP contribution >= 0.6 is 0 Å². The van der Waals surface area contributed by atoms with Crippen molar-refractivity contribution >= 4 is 24.1 Å². The van der Waals surface area contributed by atoms with Gasteiger partial charge in [0.2, 0.25) is 0 Å². The number of esters is 2. The molecule has 1 aromatic rings. The van der Waals surface area contributed by atoms with Crippen LogP contribution in [-0.4, -0.2) is 47.9 Å². The van der Waals surface area contributed by atoms with Gasteiger partial charge in [-0.05, 0) is 74.0 Å². The summed E-state index contributed by atoms with van der Waals surface area (Å²) in [5.41, 5.74) is 6.54. The van der Waals surface area contributed by atoms with Gasteiger partial charge in [-0.1, -0.05) is 47.1 Å². The summed E-state index contributed by atoms with van der Waals surface area (Å²) in [7, 11) is 0. The summed E-state index contributed by atoms with van der Waals surface area (Å²) >= 11 is 0. The lowest BCUT2D eigenvalue weighted by Gasteiger charge is -2.28. The first kappa shape index (κ1) is 34.1. The molecule has 0 spiro atoms. The van der Waals surface area contributed by atoms with E-state index in [0.29, 0.717) is 24.3 Å². The van der Waals surface area contributed by atoms with Crippen molar-refractivity contribution in [3.05, 3.63) is 23.8 Å². The fourth-order valence-corrected chi connectivity index (χ4v) is 4.76. The predicted molar refractivity (Wildman–Crippen MR) is 153 cm³/mol. The van der Waals surface area contributed by atoms with E-state index in [1.165, 1.54) is 12.1 Å². The standard InChI is InChI=1S/C31H47NO9/c1-19(2)11-15-26(33)40-24-14-13-22(17-25(24)41-27(34)16-12-20(3)4)28(29(32)30(35)36)21(5)18-38-31(37)39-23-9-7-6-8-10-23/h13-14,17,19-21,23,28-29H,6-12,15-16,18,32H2,1-5H3,(H,35,36)/t21?,28?,29-/m0/s1. The zero-order valence-electron chi connectivity index (χ0n) is 25.1. The molecule has 10 heteroatoms. The van der Waals surface area contributed by atoms with Crippen LogP contribution in [-0.2, 0) is 23.9 Å². The van der Waals surface area contributed by atoms with E-state index >= 15 is 0 Å².